The van der Waals surface area contributed by atoms with Crippen molar-refractivity contribution in [3.05, 3.63) is 21.8 Å². The van der Waals surface area contributed by atoms with Crippen LogP contribution in [0, 0.1) is 3.57 Å². The van der Waals surface area contributed by atoms with E-state index in [2.05, 4.69) is 27.6 Å². The first-order valence-electron chi connectivity index (χ1n) is 4.62. The summed E-state index contributed by atoms with van der Waals surface area (Å²) in [4.78, 5) is 4.31. The highest BCUT2D eigenvalue weighted by atomic mass is 127. The molecule has 2 rings (SSSR count). The molecule has 0 aliphatic rings. The Labute approximate surface area is 102 Å². The van der Waals surface area contributed by atoms with E-state index < -0.39 is 0 Å². The summed E-state index contributed by atoms with van der Waals surface area (Å²) in [6.45, 7) is 1.38. The van der Waals surface area contributed by atoms with Crippen molar-refractivity contribution in [2.75, 3.05) is 19.5 Å². The van der Waals surface area contributed by atoms with Gasteiger partial charge in [0.25, 0.3) is 0 Å². The molecule has 0 aliphatic carbocycles. The van der Waals surface area contributed by atoms with Crippen LogP contribution in [-0.4, -0.2) is 23.3 Å². The molecule has 80 valence electrons. The zero-order chi connectivity index (χ0) is 10.8. The summed E-state index contributed by atoms with van der Waals surface area (Å²) in [6, 6.07) is 6.11. The molecule has 0 unspecified atom stereocenters. The number of imidazole rings is 1. The molecule has 4 nitrogen and oxygen atoms in total. The summed E-state index contributed by atoms with van der Waals surface area (Å²) in [5, 5.41) is 0. The quantitative estimate of drug-likeness (QED) is 0.880. The molecule has 2 N–H and O–H groups in total. The molecule has 0 radical (unpaired) electrons. The van der Waals surface area contributed by atoms with Gasteiger partial charge in [0, 0.05) is 17.2 Å². The van der Waals surface area contributed by atoms with Gasteiger partial charge in [-0.25, -0.2) is 4.98 Å². The highest BCUT2D eigenvalue weighted by Crippen LogP contribution is 2.19. The topological polar surface area (TPSA) is 53.1 Å². The Morgan fingerprint density at radius 2 is 2.33 bits per heavy atom. The fraction of sp³-hybridized carbons (Fsp3) is 0.300. The lowest BCUT2D eigenvalue weighted by molar-refractivity contribution is 0.189. The van der Waals surface area contributed by atoms with Gasteiger partial charge in [0.15, 0.2) is 0 Å². The second-order valence-electron chi connectivity index (χ2n) is 3.25. The van der Waals surface area contributed by atoms with Crippen LogP contribution < -0.4 is 5.73 Å². The molecule has 0 saturated carbocycles. The number of benzene rings is 1. The fourth-order valence-corrected chi connectivity index (χ4v) is 2.01. The zero-order valence-electron chi connectivity index (χ0n) is 8.40. The minimum absolute atomic E-state index is 0.545. The summed E-state index contributed by atoms with van der Waals surface area (Å²) < 4.78 is 8.17. The van der Waals surface area contributed by atoms with Crippen molar-refractivity contribution >= 4 is 39.6 Å². The van der Waals surface area contributed by atoms with Crippen molar-refractivity contribution in [3.63, 3.8) is 0 Å². The first-order valence-corrected chi connectivity index (χ1v) is 5.70. The van der Waals surface area contributed by atoms with Crippen molar-refractivity contribution < 1.29 is 4.74 Å². The van der Waals surface area contributed by atoms with E-state index in [1.165, 1.54) is 0 Å². The van der Waals surface area contributed by atoms with Crippen molar-refractivity contribution in [3.8, 4) is 0 Å². The summed E-state index contributed by atoms with van der Waals surface area (Å²) in [7, 11) is 1.68. The second kappa shape index (κ2) is 4.36. The molecular formula is C10H12IN3O. The molecule has 15 heavy (non-hydrogen) atoms. The average Bonchev–Trinajstić information content (AvgIpc) is 2.50. The van der Waals surface area contributed by atoms with Gasteiger partial charge in [-0.05, 0) is 40.8 Å². The first kappa shape index (κ1) is 10.7. The highest BCUT2D eigenvalue weighted by molar-refractivity contribution is 14.1. The summed E-state index contributed by atoms with van der Waals surface area (Å²) in [5.41, 5.74) is 7.84. The van der Waals surface area contributed by atoms with Crippen LogP contribution in [0.15, 0.2) is 18.2 Å². The number of nitrogens with two attached hydrogens (primary N) is 1. The SMILES string of the molecule is COCCn1c(N)nc2cc(I)ccc21. The maximum Gasteiger partial charge on any atom is 0.201 e. The monoisotopic (exact) mass is 317 g/mol. The summed E-state index contributed by atoms with van der Waals surface area (Å²) in [5.74, 6) is 0.545. The lowest BCUT2D eigenvalue weighted by Crippen LogP contribution is -2.07. The van der Waals surface area contributed by atoms with E-state index in [1.54, 1.807) is 7.11 Å². The number of rotatable bonds is 3. The van der Waals surface area contributed by atoms with Crippen molar-refractivity contribution in [1.29, 1.82) is 0 Å². The molecule has 1 heterocycles. The minimum atomic E-state index is 0.545. The van der Waals surface area contributed by atoms with Crippen LogP contribution >= 0.6 is 22.6 Å². The van der Waals surface area contributed by atoms with E-state index >= 15 is 0 Å². The van der Waals surface area contributed by atoms with Gasteiger partial charge in [0.2, 0.25) is 5.95 Å². The van der Waals surface area contributed by atoms with Crippen molar-refractivity contribution in [2.24, 2.45) is 0 Å². The predicted octanol–water partition coefficient (Wildman–Crippen LogP) is 1.87. The largest absolute Gasteiger partial charge is 0.383 e. The number of methoxy groups -OCH3 is 1. The van der Waals surface area contributed by atoms with Crippen LogP contribution in [0.4, 0.5) is 5.95 Å². The average molecular weight is 317 g/mol. The normalized spacial score (nSPS) is 11.1. The number of hydrogen-bond acceptors (Lipinski definition) is 3. The Balaban J connectivity index is 2.48. The molecule has 0 spiro atoms. The van der Waals surface area contributed by atoms with Gasteiger partial charge in [-0.2, -0.15) is 0 Å². The molecule has 5 heteroatoms. The lowest BCUT2D eigenvalue weighted by Gasteiger charge is -2.04. The summed E-state index contributed by atoms with van der Waals surface area (Å²) >= 11 is 2.26. The Hall–Kier alpha value is -0.820. The number of anilines is 1. The third-order valence-corrected chi connectivity index (χ3v) is 2.93. The maximum atomic E-state index is 5.84. The van der Waals surface area contributed by atoms with Crippen LogP contribution in [0.5, 0.6) is 0 Å². The third kappa shape index (κ3) is 2.07. The number of hydrogen-bond donors (Lipinski definition) is 1. The van der Waals surface area contributed by atoms with E-state index in [0.29, 0.717) is 12.6 Å². The second-order valence-corrected chi connectivity index (χ2v) is 4.49. The molecule has 0 atom stereocenters. The number of fused-ring (bicyclic) bond motifs is 1. The highest BCUT2D eigenvalue weighted by Gasteiger charge is 2.07. The number of ether oxygens (including phenoxy) is 1. The smallest absolute Gasteiger partial charge is 0.201 e. The van der Waals surface area contributed by atoms with Gasteiger partial charge in [-0.1, -0.05) is 0 Å². The first-order chi connectivity index (χ1) is 7.22. The van der Waals surface area contributed by atoms with Gasteiger partial charge in [-0.15, -0.1) is 0 Å². The van der Waals surface area contributed by atoms with E-state index in [1.807, 2.05) is 22.8 Å². The molecule has 0 fully saturated rings. The van der Waals surface area contributed by atoms with Gasteiger partial charge in [-0.3, -0.25) is 0 Å². The Morgan fingerprint density at radius 3 is 3.07 bits per heavy atom. The zero-order valence-corrected chi connectivity index (χ0v) is 10.6. The van der Waals surface area contributed by atoms with Crippen molar-refractivity contribution in [1.82, 2.24) is 9.55 Å². The molecular weight excluding hydrogens is 305 g/mol. The molecule has 0 bridgehead atoms. The van der Waals surface area contributed by atoms with Gasteiger partial charge < -0.3 is 15.0 Å². The van der Waals surface area contributed by atoms with Crippen molar-refractivity contribution in [2.45, 2.75) is 6.54 Å². The molecule has 0 saturated heterocycles. The van der Waals surface area contributed by atoms with E-state index in [0.717, 1.165) is 21.1 Å². The van der Waals surface area contributed by atoms with Crippen LogP contribution in [0.2, 0.25) is 0 Å². The van der Waals surface area contributed by atoms with Crippen LogP contribution in [-0.2, 0) is 11.3 Å². The molecule has 0 aliphatic heterocycles. The number of aromatic nitrogens is 2. The van der Waals surface area contributed by atoms with Gasteiger partial charge in [0.1, 0.15) is 0 Å². The number of halogens is 1. The van der Waals surface area contributed by atoms with E-state index in [-0.39, 0.29) is 0 Å². The van der Waals surface area contributed by atoms with Crippen LogP contribution in [0.1, 0.15) is 0 Å². The third-order valence-electron chi connectivity index (χ3n) is 2.26. The van der Waals surface area contributed by atoms with Gasteiger partial charge in [0.05, 0.1) is 17.6 Å². The number of nitrogens with zero attached hydrogens (tertiary/aromatic N) is 2. The standard InChI is InChI=1S/C10H12IN3O/c1-15-5-4-14-9-3-2-7(11)6-8(9)13-10(14)12/h2-3,6H,4-5H2,1H3,(H2,12,13). The Morgan fingerprint density at radius 1 is 1.53 bits per heavy atom. The maximum absolute atomic E-state index is 5.84. The van der Waals surface area contributed by atoms with E-state index in [4.69, 9.17) is 10.5 Å². The fourth-order valence-electron chi connectivity index (χ4n) is 1.54. The Bertz CT molecular complexity index is 481. The Kier molecular flexibility index (Phi) is 3.11. The van der Waals surface area contributed by atoms with Crippen LogP contribution in [0.25, 0.3) is 11.0 Å². The predicted molar refractivity (Wildman–Crippen MR) is 68.7 cm³/mol. The van der Waals surface area contributed by atoms with Gasteiger partial charge >= 0.3 is 0 Å². The molecule has 0 amide bonds. The number of nitrogen functional groups attached to an aromatic ring is 1. The minimum Gasteiger partial charge on any atom is -0.383 e. The molecule has 1 aromatic carbocycles. The van der Waals surface area contributed by atoms with E-state index in [9.17, 15) is 0 Å². The summed E-state index contributed by atoms with van der Waals surface area (Å²) in [6.07, 6.45) is 0. The molecule has 2 aromatic rings. The molecule has 1 aromatic heterocycles. The van der Waals surface area contributed by atoms with Crippen LogP contribution in [0.3, 0.4) is 0 Å². The lowest BCUT2D eigenvalue weighted by atomic mass is 10.3.